The molecule has 3 rings (SSSR count). The predicted octanol–water partition coefficient (Wildman–Crippen LogP) is 2.14. The topological polar surface area (TPSA) is 59.5 Å². The summed E-state index contributed by atoms with van der Waals surface area (Å²) in [5.74, 6) is -0.0251. The minimum Gasteiger partial charge on any atom is -0.465 e. The minimum absolute atomic E-state index is 0.110. The van der Waals surface area contributed by atoms with Crippen LogP contribution in [0.5, 0.6) is 0 Å². The van der Waals surface area contributed by atoms with Crippen LogP contribution in [0.25, 0.3) is 0 Å². The van der Waals surface area contributed by atoms with E-state index < -0.39 is 0 Å². The maximum atomic E-state index is 11.9. The number of hydrogen-bond donors (Lipinski definition) is 0. The summed E-state index contributed by atoms with van der Waals surface area (Å²) in [4.78, 5) is 29.8. The first-order chi connectivity index (χ1) is 10.5. The van der Waals surface area contributed by atoms with Crippen LogP contribution in [0.2, 0.25) is 5.15 Å². The van der Waals surface area contributed by atoms with Crippen LogP contribution < -0.4 is 0 Å². The lowest BCUT2D eigenvalue weighted by Crippen LogP contribution is -2.28. The van der Waals surface area contributed by atoms with Gasteiger partial charge in [0.1, 0.15) is 5.15 Å². The highest BCUT2D eigenvalue weighted by molar-refractivity contribution is 6.30. The molecule has 1 aliphatic carbocycles. The lowest BCUT2D eigenvalue weighted by Gasteiger charge is -2.15. The molecule has 0 bridgehead atoms. The van der Waals surface area contributed by atoms with Crippen molar-refractivity contribution >= 4 is 23.5 Å². The molecule has 1 atom stereocenters. The molecule has 6 heteroatoms. The third-order valence-corrected chi connectivity index (χ3v) is 4.43. The Morgan fingerprint density at radius 3 is 2.91 bits per heavy atom. The van der Waals surface area contributed by atoms with Crippen molar-refractivity contribution in [2.75, 3.05) is 13.2 Å². The number of esters is 1. The SMILES string of the molecule is Cc1ccc(CC(=O)OC[C@H]2CC(=O)N(C3CC3)C2)c(Cl)n1. The molecule has 2 heterocycles. The summed E-state index contributed by atoms with van der Waals surface area (Å²) in [6, 6.07) is 4.04. The molecular weight excluding hydrogens is 304 g/mol. The maximum Gasteiger partial charge on any atom is 0.310 e. The van der Waals surface area contributed by atoms with Crippen molar-refractivity contribution < 1.29 is 14.3 Å². The number of hydrogen-bond acceptors (Lipinski definition) is 4. The number of halogens is 1. The van der Waals surface area contributed by atoms with Gasteiger partial charge in [-0.05, 0) is 25.8 Å². The summed E-state index contributed by atoms with van der Waals surface area (Å²) >= 11 is 6.01. The van der Waals surface area contributed by atoms with E-state index in [2.05, 4.69) is 4.98 Å². The molecule has 1 saturated heterocycles. The van der Waals surface area contributed by atoms with Crippen molar-refractivity contribution in [2.24, 2.45) is 5.92 Å². The zero-order valence-corrected chi connectivity index (χ0v) is 13.3. The van der Waals surface area contributed by atoms with Gasteiger partial charge in [0.15, 0.2) is 0 Å². The molecule has 0 N–H and O–H groups in total. The van der Waals surface area contributed by atoms with Gasteiger partial charge in [-0.15, -0.1) is 0 Å². The largest absolute Gasteiger partial charge is 0.465 e. The number of aromatic nitrogens is 1. The van der Waals surface area contributed by atoms with E-state index in [4.69, 9.17) is 16.3 Å². The zero-order valence-electron chi connectivity index (χ0n) is 12.5. The van der Waals surface area contributed by atoms with Gasteiger partial charge in [-0.1, -0.05) is 17.7 Å². The molecule has 118 valence electrons. The van der Waals surface area contributed by atoms with E-state index in [-0.39, 0.29) is 24.2 Å². The van der Waals surface area contributed by atoms with Crippen molar-refractivity contribution in [3.63, 3.8) is 0 Å². The van der Waals surface area contributed by atoms with Gasteiger partial charge in [0.25, 0.3) is 0 Å². The van der Waals surface area contributed by atoms with E-state index >= 15 is 0 Å². The number of ether oxygens (including phenoxy) is 1. The molecule has 1 aromatic heterocycles. The Labute approximate surface area is 134 Å². The van der Waals surface area contributed by atoms with Crippen LogP contribution in [0.4, 0.5) is 0 Å². The van der Waals surface area contributed by atoms with Crippen LogP contribution in [0, 0.1) is 12.8 Å². The number of amides is 1. The maximum absolute atomic E-state index is 11.9. The van der Waals surface area contributed by atoms with Crippen molar-refractivity contribution in [1.82, 2.24) is 9.88 Å². The van der Waals surface area contributed by atoms with Gasteiger partial charge >= 0.3 is 5.97 Å². The van der Waals surface area contributed by atoms with Gasteiger partial charge in [-0.3, -0.25) is 9.59 Å². The molecular formula is C16H19ClN2O3. The Morgan fingerprint density at radius 1 is 1.45 bits per heavy atom. The van der Waals surface area contributed by atoms with Crippen molar-refractivity contribution in [1.29, 1.82) is 0 Å². The molecule has 22 heavy (non-hydrogen) atoms. The Kier molecular flexibility index (Phi) is 4.34. The van der Waals surface area contributed by atoms with E-state index in [1.165, 1.54) is 0 Å². The number of carbonyl (C=O) groups excluding carboxylic acids is 2. The number of carbonyl (C=O) groups is 2. The monoisotopic (exact) mass is 322 g/mol. The third-order valence-electron chi connectivity index (χ3n) is 4.11. The molecule has 2 aliphatic rings. The first-order valence-electron chi connectivity index (χ1n) is 7.60. The fraction of sp³-hybridized carbons (Fsp3) is 0.562. The molecule has 5 nitrogen and oxygen atoms in total. The van der Waals surface area contributed by atoms with Crippen LogP contribution in [-0.2, 0) is 20.7 Å². The summed E-state index contributed by atoms with van der Waals surface area (Å²) in [5, 5.41) is 0.341. The van der Waals surface area contributed by atoms with Gasteiger partial charge in [-0.25, -0.2) is 4.98 Å². The van der Waals surface area contributed by atoms with Gasteiger partial charge in [0, 0.05) is 36.2 Å². The van der Waals surface area contributed by atoms with Crippen LogP contribution in [-0.4, -0.2) is 41.0 Å². The summed E-state index contributed by atoms with van der Waals surface area (Å²) in [6.45, 7) is 2.85. The smallest absolute Gasteiger partial charge is 0.310 e. The Morgan fingerprint density at radius 2 is 2.23 bits per heavy atom. The average Bonchev–Trinajstić information content (AvgIpc) is 3.23. The quantitative estimate of drug-likeness (QED) is 0.615. The van der Waals surface area contributed by atoms with Gasteiger partial charge < -0.3 is 9.64 Å². The first-order valence-corrected chi connectivity index (χ1v) is 7.98. The number of likely N-dealkylation sites (tertiary alicyclic amines) is 1. The van der Waals surface area contributed by atoms with Gasteiger partial charge in [-0.2, -0.15) is 0 Å². The van der Waals surface area contributed by atoms with Gasteiger partial charge in [0.2, 0.25) is 5.91 Å². The molecule has 1 saturated carbocycles. The number of aryl methyl sites for hydroxylation is 1. The lowest BCUT2D eigenvalue weighted by molar-refractivity contribution is -0.144. The highest BCUT2D eigenvalue weighted by atomic mass is 35.5. The third kappa shape index (κ3) is 3.58. The van der Waals surface area contributed by atoms with Crippen LogP contribution in [0.1, 0.15) is 30.5 Å². The zero-order chi connectivity index (χ0) is 15.7. The van der Waals surface area contributed by atoms with E-state index in [1.807, 2.05) is 17.9 Å². The van der Waals surface area contributed by atoms with E-state index in [0.717, 1.165) is 18.5 Å². The first kappa shape index (κ1) is 15.3. The molecule has 0 spiro atoms. The molecule has 2 fully saturated rings. The van der Waals surface area contributed by atoms with Crippen molar-refractivity contribution in [3.8, 4) is 0 Å². The Bertz CT molecular complexity index is 601. The highest BCUT2D eigenvalue weighted by Crippen LogP contribution is 2.32. The number of pyridine rings is 1. The van der Waals surface area contributed by atoms with Crippen molar-refractivity contribution in [2.45, 2.75) is 38.6 Å². The molecule has 1 aromatic rings. The summed E-state index contributed by atoms with van der Waals surface area (Å²) < 4.78 is 5.31. The Hall–Kier alpha value is -1.62. The van der Waals surface area contributed by atoms with Crippen molar-refractivity contribution in [3.05, 3.63) is 28.5 Å². The standard InChI is InChI=1S/C16H19ClN2O3/c1-10-2-3-12(16(17)18-10)7-15(21)22-9-11-6-14(20)19(8-11)13-4-5-13/h2-3,11,13H,4-9H2,1H3/t11-/m0/s1. The summed E-state index contributed by atoms with van der Waals surface area (Å²) in [7, 11) is 0. The normalized spacial score (nSPS) is 21.3. The van der Waals surface area contributed by atoms with Crippen LogP contribution >= 0.6 is 11.6 Å². The van der Waals surface area contributed by atoms with Crippen LogP contribution in [0.3, 0.4) is 0 Å². The minimum atomic E-state index is -0.329. The lowest BCUT2D eigenvalue weighted by atomic mass is 10.1. The average molecular weight is 323 g/mol. The highest BCUT2D eigenvalue weighted by Gasteiger charge is 2.39. The van der Waals surface area contributed by atoms with Crippen LogP contribution in [0.15, 0.2) is 12.1 Å². The molecule has 0 unspecified atom stereocenters. The second-order valence-corrected chi connectivity index (χ2v) is 6.47. The molecule has 1 amide bonds. The molecule has 1 aliphatic heterocycles. The fourth-order valence-electron chi connectivity index (χ4n) is 2.76. The number of nitrogens with zero attached hydrogens (tertiary/aromatic N) is 2. The second kappa shape index (κ2) is 6.24. The molecule has 0 radical (unpaired) electrons. The Balaban J connectivity index is 1.47. The predicted molar refractivity (Wildman–Crippen MR) is 81.5 cm³/mol. The van der Waals surface area contributed by atoms with E-state index in [0.29, 0.717) is 36.3 Å². The summed E-state index contributed by atoms with van der Waals surface area (Å²) in [5.41, 5.74) is 1.48. The fourth-order valence-corrected chi connectivity index (χ4v) is 3.03. The molecule has 0 aromatic carbocycles. The van der Waals surface area contributed by atoms with E-state index in [1.54, 1.807) is 6.07 Å². The second-order valence-electron chi connectivity index (χ2n) is 6.11. The van der Waals surface area contributed by atoms with Gasteiger partial charge in [0.05, 0.1) is 13.0 Å². The number of rotatable bonds is 5. The van der Waals surface area contributed by atoms with E-state index in [9.17, 15) is 9.59 Å². The summed E-state index contributed by atoms with van der Waals surface area (Å²) in [6.07, 6.45) is 2.81.